The zero-order chi connectivity index (χ0) is 23.4. The summed E-state index contributed by atoms with van der Waals surface area (Å²) in [4.78, 5) is 52.0. The zero-order valence-electron chi connectivity index (χ0n) is 18.2. The Bertz CT molecular complexity index is 1020. The molecule has 2 aromatic rings. The molecule has 172 valence electrons. The number of carbonyl (C=O) groups excluding carboxylic acids is 4. The van der Waals surface area contributed by atoms with Gasteiger partial charge >= 0.3 is 11.9 Å². The highest BCUT2D eigenvalue weighted by molar-refractivity contribution is 6.01. The molecule has 33 heavy (non-hydrogen) atoms. The molecule has 0 bridgehead atoms. The van der Waals surface area contributed by atoms with Crippen molar-refractivity contribution < 1.29 is 28.8 Å². The van der Waals surface area contributed by atoms with E-state index >= 15 is 0 Å². The number of nitrogens with zero attached hydrogens (tertiary/aromatic N) is 1. The van der Waals surface area contributed by atoms with E-state index in [1.165, 1.54) is 0 Å². The summed E-state index contributed by atoms with van der Waals surface area (Å²) in [5.41, 5.74) is 10.6. The van der Waals surface area contributed by atoms with Crippen molar-refractivity contribution in [2.45, 2.75) is 50.5 Å². The Morgan fingerprint density at radius 1 is 0.939 bits per heavy atom. The Kier molecular flexibility index (Phi) is 6.84. The van der Waals surface area contributed by atoms with Gasteiger partial charge in [-0.3, -0.25) is 14.4 Å². The molecule has 0 aromatic heterocycles. The van der Waals surface area contributed by atoms with Crippen LogP contribution < -0.4 is 5.73 Å². The lowest BCUT2D eigenvalue weighted by molar-refractivity contribution is -0.197. The van der Waals surface area contributed by atoms with Gasteiger partial charge in [0.15, 0.2) is 0 Å². The number of imide groups is 1. The van der Waals surface area contributed by atoms with Crippen LogP contribution in [-0.4, -0.2) is 41.5 Å². The molecule has 1 atom stereocenters. The Morgan fingerprint density at radius 2 is 1.52 bits per heavy atom. The predicted octanol–water partition coefficient (Wildman–Crippen LogP) is 2.84. The minimum Gasteiger partial charge on any atom is -0.464 e. The summed E-state index contributed by atoms with van der Waals surface area (Å²) in [5, 5.41) is 0.532. The average molecular weight is 450 g/mol. The highest BCUT2D eigenvalue weighted by Gasteiger charge is 2.33. The van der Waals surface area contributed by atoms with Crippen LogP contribution in [-0.2, 0) is 28.8 Å². The molecule has 1 saturated heterocycles. The summed E-state index contributed by atoms with van der Waals surface area (Å²) < 4.78 is 5.55. The van der Waals surface area contributed by atoms with Crippen LogP contribution in [0.4, 0.5) is 0 Å². The van der Waals surface area contributed by atoms with Crippen LogP contribution in [0.5, 0.6) is 0 Å². The number of hydrogen-bond acceptors (Lipinski definition) is 7. The SMILES string of the molecule is N[C@@H](CCCCC(=O)ON1C(=O)CCC1=O)C(=O)OCC1c2ccccc2-c2ccccc21. The summed E-state index contributed by atoms with van der Waals surface area (Å²) in [5.74, 6) is -2.18. The number of ether oxygens (including phenoxy) is 1. The Hall–Kier alpha value is -3.52. The standard InChI is InChI=1S/C25H26N2O6/c26-21(11-5-6-12-24(30)33-27-22(28)13-14-23(27)29)25(31)32-15-20-18-9-3-1-7-16(18)17-8-2-4-10-19(17)20/h1-4,7-10,20-21H,5-6,11-15,26H2/t21-/m0/s1. The van der Waals surface area contributed by atoms with Gasteiger partial charge in [0.1, 0.15) is 12.6 Å². The van der Waals surface area contributed by atoms with Gasteiger partial charge in [-0.25, -0.2) is 4.79 Å². The van der Waals surface area contributed by atoms with Gasteiger partial charge in [0.05, 0.1) is 0 Å². The largest absolute Gasteiger partial charge is 0.464 e. The smallest absolute Gasteiger partial charge is 0.333 e. The van der Waals surface area contributed by atoms with Crippen LogP contribution >= 0.6 is 0 Å². The number of amides is 2. The maximum Gasteiger partial charge on any atom is 0.333 e. The van der Waals surface area contributed by atoms with Gasteiger partial charge in [0.25, 0.3) is 11.8 Å². The second-order valence-electron chi connectivity index (χ2n) is 8.25. The molecule has 0 spiro atoms. The van der Waals surface area contributed by atoms with Crippen LogP contribution in [0.25, 0.3) is 11.1 Å². The van der Waals surface area contributed by atoms with E-state index in [1.54, 1.807) is 0 Å². The van der Waals surface area contributed by atoms with E-state index in [0.29, 0.717) is 24.3 Å². The molecule has 4 rings (SSSR count). The first kappa shape index (κ1) is 22.7. The highest BCUT2D eigenvalue weighted by Crippen LogP contribution is 2.44. The monoisotopic (exact) mass is 450 g/mol. The highest BCUT2D eigenvalue weighted by atomic mass is 16.7. The third-order valence-electron chi connectivity index (χ3n) is 6.00. The number of rotatable bonds is 9. The van der Waals surface area contributed by atoms with Crippen LogP contribution in [0.2, 0.25) is 0 Å². The molecule has 2 aromatic carbocycles. The van der Waals surface area contributed by atoms with Gasteiger partial charge in [0.2, 0.25) is 0 Å². The molecule has 8 heteroatoms. The third-order valence-corrected chi connectivity index (χ3v) is 6.00. The van der Waals surface area contributed by atoms with Gasteiger partial charge in [-0.05, 0) is 35.1 Å². The lowest BCUT2D eigenvalue weighted by Gasteiger charge is -2.16. The fourth-order valence-electron chi connectivity index (χ4n) is 4.27. The third kappa shape index (κ3) is 4.96. The van der Waals surface area contributed by atoms with Gasteiger partial charge in [-0.15, -0.1) is 5.06 Å². The number of hydrogen-bond donors (Lipinski definition) is 1. The van der Waals surface area contributed by atoms with Crippen molar-refractivity contribution in [3.05, 3.63) is 59.7 Å². The fourth-order valence-corrected chi connectivity index (χ4v) is 4.27. The first-order valence-corrected chi connectivity index (χ1v) is 11.1. The van der Waals surface area contributed by atoms with Crippen LogP contribution in [0.15, 0.2) is 48.5 Å². The minimum absolute atomic E-state index is 0.0223. The molecule has 1 fully saturated rings. The van der Waals surface area contributed by atoms with Crippen molar-refractivity contribution >= 4 is 23.8 Å². The second kappa shape index (κ2) is 9.95. The number of carbonyl (C=O) groups is 4. The molecule has 1 aliphatic carbocycles. The van der Waals surface area contributed by atoms with Crippen molar-refractivity contribution in [3.8, 4) is 11.1 Å². The van der Waals surface area contributed by atoms with E-state index in [2.05, 4.69) is 24.3 Å². The molecule has 0 saturated carbocycles. The maximum absolute atomic E-state index is 12.4. The van der Waals surface area contributed by atoms with Crippen molar-refractivity contribution in [1.29, 1.82) is 0 Å². The molecule has 1 aliphatic heterocycles. The van der Waals surface area contributed by atoms with Crippen molar-refractivity contribution in [2.75, 3.05) is 6.61 Å². The summed E-state index contributed by atoms with van der Waals surface area (Å²) >= 11 is 0. The van der Waals surface area contributed by atoms with Gasteiger partial charge in [-0.1, -0.05) is 55.0 Å². The summed E-state index contributed by atoms with van der Waals surface area (Å²) in [7, 11) is 0. The van der Waals surface area contributed by atoms with Crippen LogP contribution in [0.3, 0.4) is 0 Å². The van der Waals surface area contributed by atoms with Gasteiger partial charge in [0, 0.05) is 25.2 Å². The molecular weight excluding hydrogens is 424 g/mol. The Balaban J connectivity index is 1.21. The molecule has 2 N–H and O–H groups in total. The number of hydroxylamine groups is 2. The normalized spacial score (nSPS) is 15.8. The van der Waals surface area contributed by atoms with E-state index in [9.17, 15) is 19.2 Å². The van der Waals surface area contributed by atoms with E-state index in [0.717, 1.165) is 22.3 Å². The first-order chi connectivity index (χ1) is 16.0. The molecule has 0 unspecified atom stereocenters. The molecular formula is C25H26N2O6. The first-order valence-electron chi connectivity index (χ1n) is 11.1. The van der Waals surface area contributed by atoms with E-state index in [4.69, 9.17) is 15.3 Å². The maximum atomic E-state index is 12.4. The number of esters is 1. The van der Waals surface area contributed by atoms with Crippen LogP contribution in [0.1, 0.15) is 55.6 Å². The summed E-state index contributed by atoms with van der Waals surface area (Å²) in [6, 6.07) is 15.4. The Morgan fingerprint density at radius 3 is 2.12 bits per heavy atom. The molecule has 2 amide bonds. The lowest BCUT2D eigenvalue weighted by atomic mass is 9.98. The fraction of sp³-hybridized carbons (Fsp3) is 0.360. The zero-order valence-corrected chi connectivity index (χ0v) is 18.2. The summed E-state index contributed by atoms with van der Waals surface area (Å²) in [6.07, 6.45) is 1.41. The second-order valence-corrected chi connectivity index (χ2v) is 8.25. The van der Waals surface area contributed by atoms with Crippen molar-refractivity contribution in [2.24, 2.45) is 5.73 Å². The van der Waals surface area contributed by atoms with Crippen LogP contribution in [0, 0.1) is 0 Å². The molecule has 0 radical (unpaired) electrons. The predicted molar refractivity (Wildman–Crippen MR) is 118 cm³/mol. The number of unbranched alkanes of at least 4 members (excludes halogenated alkanes) is 1. The molecule has 1 heterocycles. The van der Waals surface area contributed by atoms with E-state index in [1.807, 2.05) is 24.3 Å². The minimum atomic E-state index is -0.797. The number of nitrogens with two attached hydrogens (primary N) is 1. The van der Waals surface area contributed by atoms with Crippen molar-refractivity contribution in [1.82, 2.24) is 5.06 Å². The van der Waals surface area contributed by atoms with E-state index < -0.39 is 29.8 Å². The quantitative estimate of drug-likeness (QED) is 0.355. The topological polar surface area (TPSA) is 116 Å². The van der Waals surface area contributed by atoms with Gasteiger partial charge in [-0.2, -0.15) is 0 Å². The Labute approximate surface area is 191 Å². The van der Waals surface area contributed by atoms with E-state index in [-0.39, 0.29) is 31.8 Å². The average Bonchev–Trinajstić information content (AvgIpc) is 3.32. The molecule has 8 nitrogen and oxygen atoms in total. The lowest BCUT2D eigenvalue weighted by Crippen LogP contribution is -2.33. The van der Waals surface area contributed by atoms with Gasteiger partial charge < -0.3 is 15.3 Å². The molecule has 2 aliphatic rings. The number of benzene rings is 2. The van der Waals surface area contributed by atoms with Crippen molar-refractivity contribution in [3.63, 3.8) is 0 Å². The summed E-state index contributed by atoms with van der Waals surface area (Å²) in [6.45, 7) is 0.213. The number of fused-ring (bicyclic) bond motifs is 3.